The average molecular weight is 253 g/mol. The molecule has 0 radical (unpaired) electrons. The Hall–Kier alpha value is -0.570. The smallest absolute Gasteiger partial charge is 0.0468 e. The molecule has 0 aromatic heterocycles. The van der Waals surface area contributed by atoms with Gasteiger partial charge in [-0.25, -0.2) is 0 Å². The Morgan fingerprint density at radius 3 is 2.76 bits per heavy atom. The van der Waals surface area contributed by atoms with Gasteiger partial charge in [-0.1, -0.05) is 30.2 Å². The molecule has 2 rings (SSSR count). The minimum Gasteiger partial charge on any atom is -0.329 e. The first-order valence-electron chi connectivity index (χ1n) is 6.36. The second-order valence-electron chi connectivity index (χ2n) is 5.04. The SMILES string of the molecule is CN(CC1CCC1)C(CN)c1cccc(Cl)c1. The molecule has 1 atom stereocenters. The fourth-order valence-electron chi connectivity index (χ4n) is 2.49. The van der Waals surface area contributed by atoms with E-state index in [-0.39, 0.29) is 6.04 Å². The van der Waals surface area contributed by atoms with Gasteiger partial charge >= 0.3 is 0 Å². The van der Waals surface area contributed by atoms with Crippen LogP contribution in [-0.2, 0) is 0 Å². The summed E-state index contributed by atoms with van der Waals surface area (Å²) in [6.45, 7) is 1.79. The molecular formula is C14H21ClN2. The van der Waals surface area contributed by atoms with E-state index in [0.29, 0.717) is 6.54 Å². The van der Waals surface area contributed by atoms with Crippen LogP contribution < -0.4 is 5.73 Å². The van der Waals surface area contributed by atoms with Crippen molar-refractivity contribution >= 4 is 11.6 Å². The first-order chi connectivity index (χ1) is 8.20. The molecule has 0 aliphatic heterocycles. The lowest BCUT2D eigenvalue weighted by molar-refractivity contribution is 0.165. The quantitative estimate of drug-likeness (QED) is 0.873. The molecule has 3 heteroatoms. The van der Waals surface area contributed by atoms with Gasteiger partial charge in [-0.15, -0.1) is 0 Å². The van der Waals surface area contributed by atoms with Crippen molar-refractivity contribution in [3.63, 3.8) is 0 Å². The number of halogens is 1. The summed E-state index contributed by atoms with van der Waals surface area (Å²) >= 11 is 6.04. The third-order valence-electron chi connectivity index (χ3n) is 3.76. The van der Waals surface area contributed by atoms with Gasteiger partial charge in [0.05, 0.1) is 0 Å². The summed E-state index contributed by atoms with van der Waals surface area (Å²) in [6.07, 6.45) is 4.14. The van der Waals surface area contributed by atoms with Gasteiger partial charge < -0.3 is 5.73 Å². The number of benzene rings is 1. The maximum absolute atomic E-state index is 6.04. The van der Waals surface area contributed by atoms with Crippen molar-refractivity contribution in [1.29, 1.82) is 0 Å². The monoisotopic (exact) mass is 252 g/mol. The molecule has 0 amide bonds. The van der Waals surface area contributed by atoms with Gasteiger partial charge in [0, 0.05) is 24.2 Å². The lowest BCUT2D eigenvalue weighted by atomic mass is 9.85. The molecule has 1 unspecified atom stereocenters. The molecule has 1 aromatic carbocycles. The van der Waals surface area contributed by atoms with Crippen molar-refractivity contribution < 1.29 is 0 Å². The Morgan fingerprint density at radius 1 is 1.47 bits per heavy atom. The lowest BCUT2D eigenvalue weighted by Crippen LogP contribution is -2.36. The average Bonchev–Trinajstić information content (AvgIpc) is 2.25. The molecule has 1 aliphatic carbocycles. The molecule has 0 heterocycles. The molecule has 2 nitrogen and oxygen atoms in total. The Bertz CT molecular complexity index is 363. The van der Waals surface area contributed by atoms with Crippen molar-refractivity contribution in [2.24, 2.45) is 11.7 Å². The van der Waals surface area contributed by atoms with Crippen molar-refractivity contribution in [1.82, 2.24) is 4.90 Å². The first kappa shape index (κ1) is 12.9. The van der Waals surface area contributed by atoms with E-state index in [1.807, 2.05) is 18.2 Å². The second-order valence-corrected chi connectivity index (χ2v) is 5.48. The maximum Gasteiger partial charge on any atom is 0.0468 e. The molecule has 1 aliphatic rings. The molecule has 1 saturated carbocycles. The highest BCUT2D eigenvalue weighted by atomic mass is 35.5. The van der Waals surface area contributed by atoms with Crippen LogP contribution in [0.25, 0.3) is 0 Å². The molecule has 0 bridgehead atoms. The lowest BCUT2D eigenvalue weighted by Gasteiger charge is -2.34. The summed E-state index contributed by atoms with van der Waals surface area (Å²) in [5.74, 6) is 0.869. The standard InChI is InChI=1S/C14H21ClN2/c1-17(10-11-4-2-5-11)14(9-16)12-6-3-7-13(15)8-12/h3,6-8,11,14H,2,4-5,9-10,16H2,1H3. The van der Waals surface area contributed by atoms with Gasteiger partial charge in [0.15, 0.2) is 0 Å². The van der Waals surface area contributed by atoms with E-state index in [1.54, 1.807) is 0 Å². The minimum absolute atomic E-state index is 0.286. The van der Waals surface area contributed by atoms with Crippen LogP contribution >= 0.6 is 11.6 Å². The van der Waals surface area contributed by atoms with E-state index in [0.717, 1.165) is 17.5 Å². The van der Waals surface area contributed by atoms with Crippen LogP contribution in [0, 0.1) is 5.92 Å². The van der Waals surface area contributed by atoms with Crippen molar-refractivity contribution in [3.05, 3.63) is 34.9 Å². The summed E-state index contributed by atoms with van der Waals surface area (Å²) in [4.78, 5) is 2.37. The van der Waals surface area contributed by atoms with Crippen LogP contribution in [-0.4, -0.2) is 25.0 Å². The number of likely N-dealkylation sites (N-methyl/N-ethyl adjacent to an activating group) is 1. The molecule has 17 heavy (non-hydrogen) atoms. The zero-order valence-corrected chi connectivity index (χ0v) is 11.2. The van der Waals surface area contributed by atoms with Gasteiger partial charge in [0.2, 0.25) is 0 Å². The largest absolute Gasteiger partial charge is 0.329 e. The van der Waals surface area contributed by atoms with E-state index in [2.05, 4.69) is 18.0 Å². The van der Waals surface area contributed by atoms with Gasteiger partial charge in [-0.2, -0.15) is 0 Å². The molecule has 1 fully saturated rings. The van der Waals surface area contributed by atoms with Crippen LogP contribution in [0.3, 0.4) is 0 Å². The fourth-order valence-corrected chi connectivity index (χ4v) is 2.69. The van der Waals surface area contributed by atoms with Crippen LogP contribution in [0.15, 0.2) is 24.3 Å². The summed E-state index contributed by atoms with van der Waals surface area (Å²) in [5, 5.41) is 0.790. The molecule has 2 N–H and O–H groups in total. The fraction of sp³-hybridized carbons (Fsp3) is 0.571. The Kier molecular flexibility index (Phi) is 4.43. The zero-order valence-electron chi connectivity index (χ0n) is 10.4. The number of hydrogen-bond donors (Lipinski definition) is 1. The molecule has 0 spiro atoms. The summed E-state index contributed by atoms with van der Waals surface area (Å²) < 4.78 is 0. The van der Waals surface area contributed by atoms with Gasteiger partial charge in [0.1, 0.15) is 0 Å². The number of rotatable bonds is 5. The minimum atomic E-state index is 0.286. The van der Waals surface area contributed by atoms with Gasteiger partial charge in [-0.3, -0.25) is 4.90 Å². The van der Waals surface area contributed by atoms with Crippen LogP contribution in [0.4, 0.5) is 0 Å². The molecule has 94 valence electrons. The van der Waals surface area contributed by atoms with E-state index in [4.69, 9.17) is 17.3 Å². The molecular weight excluding hydrogens is 232 g/mol. The molecule has 1 aromatic rings. The third-order valence-corrected chi connectivity index (χ3v) is 3.99. The van der Waals surface area contributed by atoms with E-state index < -0.39 is 0 Å². The predicted octanol–water partition coefficient (Wildman–Crippen LogP) is 3.07. The van der Waals surface area contributed by atoms with Crippen molar-refractivity contribution in [2.45, 2.75) is 25.3 Å². The summed E-state index contributed by atoms with van der Waals surface area (Å²) in [7, 11) is 2.16. The van der Waals surface area contributed by atoms with E-state index in [1.165, 1.54) is 24.8 Å². The predicted molar refractivity (Wildman–Crippen MR) is 73.2 cm³/mol. The highest BCUT2D eigenvalue weighted by Gasteiger charge is 2.23. The van der Waals surface area contributed by atoms with Gasteiger partial charge in [0.25, 0.3) is 0 Å². The number of nitrogens with two attached hydrogens (primary N) is 1. The highest BCUT2D eigenvalue weighted by Crippen LogP contribution is 2.29. The zero-order chi connectivity index (χ0) is 12.3. The van der Waals surface area contributed by atoms with Crippen molar-refractivity contribution in [2.75, 3.05) is 20.1 Å². The Labute approximate surface area is 109 Å². The van der Waals surface area contributed by atoms with Crippen LogP contribution in [0.1, 0.15) is 30.9 Å². The third kappa shape index (κ3) is 3.21. The number of hydrogen-bond acceptors (Lipinski definition) is 2. The van der Waals surface area contributed by atoms with E-state index in [9.17, 15) is 0 Å². The second kappa shape index (κ2) is 5.85. The maximum atomic E-state index is 6.04. The highest BCUT2D eigenvalue weighted by molar-refractivity contribution is 6.30. The summed E-state index contributed by atoms with van der Waals surface area (Å²) in [6, 6.07) is 8.33. The molecule has 0 saturated heterocycles. The van der Waals surface area contributed by atoms with Gasteiger partial charge in [-0.05, 0) is 43.5 Å². The Balaban J connectivity index is 2.03. The van der Waals surface area contributed by atoms with Crippen LogP contribution in [0.5, 0.6) is 0 Å². The summed E-state index contributed by atoms with van der Waals surface area (Å²) in [5.41, 5.74) is 7.13. The van der Waals surface area contributed by atoms with Crippen molar-refractivity contribution in [3.8, 4) is 0 Å². The normalized spacial score (nSPS) is 18.1. The first-order valence-corrected chi connectivity index (χ1v) is 6.74. The Morgan fingerprint density at radius 2 is 2.24 bits per heavy atom. The van der Waals surface area contributed by atoms with E-state index >= 15 is 0 Å². The topological polar surface area (TPSA) is 29.3 Å². The number of nitrogens with zero attached hydrogens (tertiary/aromatic N) is 1. The van der Waals surface area contributed by atoms with Crippen LogP contribution in [0.2, 0.25) is 5.02 Å².